The van der Waals surface area contributed by atoms with E-state index in [-0.39, 0.29) is 0 Å². The molecule has 4 rings (SSSR count). The quantitative estimate of drug-likeness (QED) is 0.469. The minimum absolute atomic E-state index is 0.699. The Kier molecular flexibility index (Phi) is 3.96. The van der Waals surface area contributed by atoms with Gasteiger partial charge in [-0.25, -0.2) is 4.98 Å². The van der Waals surface area contributed by atoms with E-state index in [4.69, 9.17) is 9.72 Å². The van der Waals surface area contributed by atoms with Gasteiger partial charge in [0.05, 0.1) is 12.8 Å². The Morgan fingerprint density at radius 2 is 1.60 bits per heavy atom. The molecule has 4 aromatic rings. The van der Waals surface area contributed by atoms with Crippen LogP contribution in [0.25, 0.3) is 16.9 Å². The third kappa shape index (κ3) is 2.99. The molecule has 0 amide bonds. The maximum absolute atomic E-state index is 5.23. The summed E-state index contributed by atoms with van der Waals surface area (Å²) < 4.78 is 7.17. The van der Waals surface area contributed by atoms with Gasteiger partial charge in [0.2, 0.25) is 0 Å². The van der Waals surface area contributed by atoms with Crippen LogP contribution in [-0.4, -0.2) is 16.5 Å². The Labute approximate surface area is 145 Å². The first kappa shape index (κ1) is 15.1. The number of rotatable bonds is 4. The van der Waals surface area contributed by atoms with Crippen molar-refractivity contribution in [3.8, 4) is 17.0 Å². The lowest BCUT2D eigenvalue weighted by Crippen LogP contribution is -1.83. The number of imidazole rings is 1. The van der Waals surface area contributed by atoms with Crippen molar-refractivity contribution >= 4 is 17.2 Å². The summed E-state index contributed by atoms with van der Waals surface area (Å²) in [6.45, 7) is 0. The van der Waals surface area contributed by atoms with E-state index < -0.39 is 0 Å². The van der Waals surface area contributed by atoms with Gasteiger partial charge < -0.3 is 4.74 Å². The molecule has 122 valence electrons. The van der Waals surface area contributed by atoms with Crippen molar-refractivity contribution in [3.63, 3.8) is 0 Å². The van der Waals surface area contributed by atoms with E-state index in [0.29, 0.717) is 5.82 Å². The number of nitrogens with zero attached hydrogens (tertiary/aromatic N) is 4. The Morgan fingerprint density at radius 1 is 0.840 bits per heavy atom. The molecule has 5 heteroatoms. The van der Waals surface area contributed by atoms with Crippen LogP contribution >= 0.6 is 0 Å². The van der Waals surface area contributed by atoms with Crippen LogP contribution < -0.4 is 4.74 Å². The summed E-state index contributed by atoms with van der Waals surface area (Å²) in [5.41, 5.74) is 3.38. The van der Waals surface area contributed by atoms with Gasteiger partial charge in [0, 0.05) is 11.8 Å². The lowest BCUT2D eigenvalue weighted by atomic mass is 10.1. The van der Waals surface area contributed by atoms with Gasteiger partial charge in [0.15, 0.2) is 5.82 Å². The molecular formula is C20H16N4O. The van der Waals surface area contributed by atoms with E-state index >= 15 is 0 Å². The van der Waals surface area contributed by atoms with Crippen LogP contribution in [0.4, 0.5) is 11.5 Å². The van der Waals surface area contributed by atoms with Gasteiger partial charge in [-0.3, -0.25) is 4.40 Å². The van der Waals surface area contributed by atoms with Gasteiger partial charge in [0.25, 0.3) is 0 Å². The number of ether oxygens (including phenoxy) is 1. The van der Waals surface area contributed by atoms with E-state index in [1.165, 1.54) is 0 Å². The van der Waals surface area contributed by atoms with Crippen LogP contribution in [0.5, 0.6) is 5.75 Å². The second-order valence-electron chi connectivity index (χ2n) is 5.48. The van der Waals surface area contributed by atoms with Crippen molar-refractivity contribution in [2.24, 2.45) is 10.2 Å². The highest BCUT2D eigenvalue weighted by Gasteiger charge is 2.13. The monoisotopic (exact) mass is 328 g/mol. The molecule has 0 atom stereocenters. The van der Waals surface area contributed by atoms with Gasteiger partial charge in [0.1, 0.15) is 17.1 Å². The summed E-state index contributed by atoms with van der Waals surface area (Å²) in [6.07, 6.45) is 1.94. The minimum Gasteiger partial charge on any atom is -0.497 e. The van der Waals surface area contributed by atoms with E-state index in [9.17, 15) is 0 Å². The largest absolute Gasteiger partial charge is 0.497 e. The van der Waals surface area contributed by atoms with Crippen molar-refractivity contribution in [1.29, 1.82) is 0 Å². The zero-order chi connectivity index (χ0) is 17.1. The molecule has 0 aliphatic carbocycles. The van der Waals surface area contributed by atoms with Crippen LogP contribution in [-0.2, 0) is 0 Å². The number of hydrogen-bond acceptors (Lipinski definition) is 4. The van der Waals surface area contributed by atoms with Gasteiger partial charge in [-0.05, 0) is 48.5 Å². The van der Waals surface area contributed by atoms with Crippen LogP contribution in [0, 0.1) is 0 Å². The smallest absolute Gasteiger partial charge is 0.187 e. The molecule has 0 spiro atoms. The number of azo groups is 1. The predicted molar refractivity (Wildman–Crippen MR) is 97.8 cm³/mol. The lowest BCUT2D eigenvalue weighted by molar-refractivity contribution is 0.415. The summed E-state index contributed by atoms with van der Waals surface area (Å²) in [7, 11) is 1.65. The minimum atomic E-state index is 0.699. The molecule has 5 nitrogen and oxygen atoms in total. The molecule has 0 N–H and O–H groups in total. The molecule has 0 aliphatic heterocycles. The average molecular weight is 328 g/mol. The zero-order valence-corrected chi connectivity index (χ0v) is 13.7. The number of hydrogen-bond donors (Lipinski definition) is 0. The Morgan fingerprint density at radius 3 is 2.36 bits per heavy atom. The summed E-state index contributed by atoms with van der Waals surface area (Å²) >= 11 is 0. The molecule has 25 heavy (non-hydrogen) atoms. The average Bonchev–Trinajstić information content (AvgIpc) is 3.06. The summed E-state index contributed by atoms with van der Waals surface area (Å²) in [5, 5.41) is 8.84. The van der Waals surface area contributed by atoms with Gasteiger partial charge in [-0.1, -0.05) is 24.3 Å². The summed E-state index contributed by atoms with van der Waals surface area (Å²) in [5.74, 6) is 1.50. The molecule has 0 radical (unpaired) electrons. The fraction of sp³-hybridized carbons (Fsp3) is 0.0500. The Hall–Kier alpha value is -3.47. The molecule has 0 saturated carbocycles. The van der Waals surface area contributed by atoms with Gasteiger partial charge >= 0.3 is 0 Å². The molecule has 0 aliphatic rings. The third-order valence-electron chi connectivity index (χ3n) is 3.88. The van der Waals surface area contributed by atoms with Crippen molar-refractivity contribution in [1.82, 2.24) is 9.38 Å². The van der Waals surface area contributed by atoms with Gasteiger partial charge in [-0.15, -0.1) is 10.2 Å². The zero-order valence-electron chi connectivity index (χ0n) is 13.7. The maximum atomic E-state index is 5.23. The van der Waals surface area contributed by atoms with Crippen molar-refractivity contribution in [3.05, 3.63) is 79.0 Å². The van der Waals surface area contributed by atoms with E-state index in [0.717, 1.165) is 28.3 Å². The normalized spacial score (nSPS) is 11.2. The molecule has 0 fully saturated rings. The number of pyridine rings is 1. The van der Waals surface area contributed by atoms with Crippen LogP contribution in [0.2, 0.25) is 0 Å². The molecular weight excluding hydrogens is 312 g/mol. The fourth-order valence-electron chi connectivity index (χ4n) is 2.62. The topological polar surface area (TPSA) is 51.2 Å². The van der Waals surface area contributed by atoms with Crippen LogP contribution in [0.1, 0.15) is 0 Å². The van der Waals surface area contributed by atoms with Crippen molar-refractivity contribution in [2.45, 2.75) is 0 Å². The third-order valence-corrected chi connectivity index (χ3v) is 3.88. The number of fused-ring (bicyclic) bond motifs is 1. The predicted octanol–water partition coefficient (Wildman–Crippen LogP) is 5.43. The first-order valence-electron chi connectivity index (χ1n) is 7.93. The number of methoxy groups -OCH3 is 1. The summed E-state index contributed by atoms with van der Waals surface area (Å²) in [6, 6.07) is 23.3. The molecule has 0 saturated heterocycles. The molecule has 2 aromatic heterocycles. The first-order valence-corrected chi connectivity index (χ1v) is 7.93. The highest BCUT2D eigenvalue weighted by molar-refractivity contribution is 5.74. The Balaban J connectivity index is 1.84. The highest BCUT2D eigenvalue weighted by atomic mass is 16.5. The van der Waals surface area contributed by atoms with Gasteiger partial charge in [-0.2, -0.15) is 0 Å². The summed E-state index contributed by atoms with van der Waals surface area (Å²) in [4.78, 5) is 4.72. The molecule has 2 heterocycles. The van der Waals surface area contributed by atoms with Crippen LogP contribution in [0.15, 0.2) is 89.2 Å². The van der Waals surface area contributed by atoms with E-state index in [1.54, 1.807) is 7.11 Å². The lowest BCUT2D eigenvalue weighted by Gasteiger charge is -2.02. The number of benzene rings is 2. The number of aromatic nitrogens is 2. The second-order valence-corrected chi connectivity index (χ2v) is 5.48. The standard InChI is InChI=1S/C20H16N4O/c1-25-17-12-10-15(11-13-17)19-20(23-22-16-7-3-2-4-8-16)24-14-6-5-9-18(24)21-19/h2-14H,1H3. The molecule has 2 aromatic carbocycles. The maximum Gasteiger partial charge on any atom is 0.187 e. The SMILES string of the molecule is COc1ccc(-c2nc3ccccn3c2N=Nc2ccccc2)cc1. The van der Waals surface area contributed by atoms with E-state index in [2.05, 4.69) is 10.2 Å². The first-order chi connectivity index (χ1) is 12.3. The molecule has 0 unspecified atom stereocenters. The van der Waals surface area contributed by atoms with E-state index in [1.807, 2.05) is 83.4 Å². The Bertz CT molecular complexity index is 1020. The van der Waals surface area contributed by atoms with Crippen molar-refractivity contribution < 1.29 is 4.74 Å². The fourth-order valence-corrected chi connectivity index (χ4v) is 2.62. The molecule has 0 bridgehead atoms. The van der Waals surface area contributed by atoms with Crippen molar-refractivity contribution in [2.75, 3.05) is 7.11 Å². The second kappa shape index (κ2) is 6.57. The van der Waals surface area contributed by atoms with Crippen LogP contribution in [0.3, 0.4) is 0 Å². The highest BCUT2D eigenvalue weighted by Crippen LogP contribution is 2.33.